The largest absolute Gasteiger partial charge is 0.325 e. The molecule has 1 amide bonds. The summed E-state index contributed by atoms with van der Waals surface area (Å²) >= 11 is 0. The van der Waals surface area contributed by atoms with Gasteiger partial charge in [0.2, 0.25) is 5.91 Å². The van der Waals surface area contributed by atoms with Gasteiger partial charge in [-0.05, 0) is 36.5 Å². The Hall–Kier alpha value is -1.35. The molecule has 2 aliphatic rings. The van der Waals surface area contributed by atoms with Gasteiger partial charge in [-0.1, -0.05) is 12.1 Å². The normalized spacial score (nSPS) is 24.0. The molecule has 78 valence electrons. The maximum Gasteiger partial charge on any atom is 0.238 e. The van der Waals surface area contributed by atoms with Gasteiger partial charge in [0.1, 0.15) is 0 Å². The molecule has 1 aromatic carbocycles. The van der Waals surface area contributed by atoms with Crippen LogP contribution in [0.4, 0.5) is 5.69 Å². The second-order valence-electron chi connectivity index (χ2n) is 4.25. The van der Waals surface area contributed by atoms with Crippen LogP contribution < -0.4 is 10.6 Å². The third-order valence-corrected chi connectivity index (χ3v) is 3.27. The molecule has 0 radical (unpaired) electrons. The molecule has 0 saturated carbocycles. The van der Waals surface area contributed by atoms with Crippen molar-refractivity contribution >= 4 is 11.6 Å². The van der Waals surface area contributed by atoms with Crippen LogP contribution in [0.2, 0.25) is 0 Å². The predicted octanol–water partition coefficient (Wildman–Crippen LogP) is 1.61. The van der Waals surface area contributed by atoms with E-state index in [4.69, 9.17) is 0 Å². The summed E-state index contributed by atoms with van der Waals surface area (Å²) in [4.78, 5) is 11.5. The first-order valence-corrected chi connectivity index (χ1v) is 5.49. The van der Waals surface area contributed by atoms with Gasteiger partial charge in [-0.3, -0.25) is 4.79 Å². The Bertz CT molecular complexity index is 414. The Labute approximate surface area is 88.9 Å². The van der Waals surface area contributed by atoms with Crippen molar-refractivity contribution in [1.82, 2.24) is 5.32 Å². The van der Waals surface area contributed by atoms with Crippen molar-refractivity contribution in [2.45, 2.75) is 25.3 Å². The van der Waals surface area contributed by atoms with E-state index in [-0.39, 0.29) is 5.91 Å². The van der Waals surface area contributed by atoms with Crippen molar-refractivity contribution in [2.24, 2.45) is 0 Å². The summed E-state index contributed by atoms with van der Waals surface area (Å²) in [7, 11) is 0. The minimum atomic E-state index is 0.0674. The lowest BCUT2D eigenvalue weighted by Gasteiger charge is -2.25. The van der Waals surface area contributed by atoms with Crippen molar-refractivity contribution < 1.29 is 4.79 Å². The van der Waals surface area contributed by atoms with Crippen LogP contribution in [0.5, 0.6) is 0 Å². The van der Waals surface area contributed by atoms with Crippen molar-refractivity contribution in [3.05, 3.63) is 29.3 Å². The molecule has 0 unspecified atom stereocenters. The minimum Gasteiger partial charge on any atom is -0.325 e. The topological polar surface area (TPSA) is 41.1 Å². The summed E-state index contributed by atoms with van der Waals surface area (Å²) in [5.74, 6) is 0.0674. The summed E-state index contributed by atoms with van der Waals surface area (Å²) in [6.45, 7) is 0.429. The lowest BCUT2D eigenvalue weighted by molar-refractivity contribution is -0.115. The molecule has 3 rings (SSSR count). The summed E-state index contributed by atoms with van der Waals surface area (Å²) in [5, 5.41) is 6.28. The Morgan fingerprint density at radius 2 is 2.27 bits per heavy atom. The summed E-state index contributed by atoms with van der Waals surface area (Å²) in [6.07, 6.45) is 3.48. The molecule has 1 aliphatic heterocycles. The number of anilines is 1. The molecule has 2 N–H and O–H groups in total. The third kappa shape index (κ3) is 1.43. The molecule has 0 spiro atoms. The molecule has 0 aromatic heterocycles. The highest BCUT2D eigenvalue weighted by molar-refractivity contribution is 5.94. The van der Waals surface area contributed by atoms with Gasteiger partial charge >= 0.3 is 0 Å². The average Bonchev–Trinajstić information content (AvgIpc) is 2.41. The fourth-order valence-electron chi connectivity index (χ4n) is 2.61. The highest BCUT2D eigenvalue weighted by Crippen LogP contribution is 2.36. The smallest absolute Gasteiger partial charge is 0.238 e. The van der Waals surface area contributed by atoms with Crippen molar-refractivity contribution in [1.29, 1.82) is 0 Å². The molecular formula is C12H14N2O. The maximum atomic E-state index is 11.5. The number of carbonyl (C=O) groups excluding carboxylic acids is 1. The molecule has 15 heavy (non-hydrogen) atoms. The molecule has 0 saturated heterocycles. The summed E-state index contributed by atoms with van der Waals surface area (Å²) < 4.78 is 0. The van der Waals surface area contributed by atoms with Crippen LogP contribution in [0.3, 0.4) is 0 Å². The highest BCUT2D eigenvalue weighted by Gasteiger charge is 2.26. The number of hydrogen-bond acceptors (Lipinski definition) is 2. The Kier molecular flexibility index (Phi) is 1.99. The van der Waals surface area contributed by atoms with E-state index in [1.807, 2.05) is 12.1 Å². The number of carbonyl (C=O) groups is 1. The number of amides is 1. The molecular weight excluding hydrogens is 188 g/mol. The van der Waals surface area contributed by atoms with Crippen LogP contribution in [0.25, 0.3) is 0 Å². The van der Waals surface area contributed by atoms with Crippen LogP contribution >= 0.6 is 0 Å². The molecule has 3 nitrogen and oxygen atoms in total. The van der Waals surface area contributed by atoms with Crippen LogP contribution in [0.15, 0.2) is 18.2 Å². The van der Waals surface area contributed by atoms with Crippen LogP contribution in [-0.4, -0.2) is 12.5 Å². The fraction of sp³-hybridized carbons (Fsp3) is 0.417. The minimum absolute atomic E-state index is 0.0674. The number of rotatable bonds is 0. The van der Waals surface area contributed by atoms with E-state index < -0.39 is 0 Å². The van der Waals surface area contributed by atoms with Gasteiger partial charge in [0, 0.05) is 11.7 Å². The Balaban J connectivity index is 2.15. The monoisotopic (exact) mass is 202 g/mol. The van der Waals surface area contributed by atoms with Gasteiger partial charge in [0.25, 0.3) is 0 Å². The molecule has 3 heteroatoms. The maximum absolute atomic E-state index is 11.5. The zero-order valence-electron chi connectivity index (χ0n) is 8.55. The number of aryl methyl sites for hydroxylation is 1. The summed E-state index contributed by atoms with van der Waals surface area (Å²) in [5.41, 5.74) is 3.71. The number of benzene rings is 1. The van der Waals surface area contributed by atoms with Crippen molar-refractivity contribution in [2.75, 3.05) is 11.9 Å². The lowest BCUT2D eigenvalue weighted by Crippen LogP contribution is -2.28. The van der Waals surface area contributed by atoms with Crippen LogP contribution in [0, 0.1) is 0 Å². The second kappa shape index (κ2) is 3.35. The van der Waals surface area contributed by atoms with Gasteiger partial charge < -0.3 is 10.6 Å². The first-order chi connectivity index (χ1) is 7.34. The zero-order chi connectivity index (χ0) is 10.3. The fourth-order valence-corrected chi connectivity index (χ4v) is 2.61. The van der Waals surface area contributed by atoms with E-state index in [1.54, 1.807) is 0 Å². The van der Waals surface area contributed by atoms with E-state index in [1.165, 1.54) is 17.5 Å². The summed E-state index contributed by atoms with van der Waals surface area (Å²) in [6, 6.07) is 6.57. The predicted molar refractivity (Wildman–Crippen MR) is 58.8 cm³/mol. The van der Waals surface area contributed by atoms with Gasteiger partial charge in [-0.15, -0.1) is 0 Å². The van der Waals surface area contributed by atoms with Crippen molar-refractivity contribution in [3.8, 4) is 0 Å². The van der Waals surface area contributed by atoms with Gasteiger partial charge in [0.15, 0.2) is 0 Å². The van der Waals surface area contributed by atoms with E-state index in [9.17, 15) is 4.79 Å². The van der Waals surface area contributed by atoms with E-state index >= 15 is 0 Å². The first kappa shape index (κ1) is 8.92. The lowest BCUT2D eigenvalue weighted by atomic mass is 9.87. The van der Waals surface area contributed by atoms with Crippen molar-refractivity contribution in [3.63, 3.8) is 0 Å². The molecule has 0 bridgehead atoms. The van der Waals surface area contributed by atoms with Crippen LogP contribution in [-0.2, 0) is 11.2 Å². The van der Waals surface area contributed by atoms with Gasteiger partial charge in [-0.2, -0.15) is 0 Å². The second-order valence-corrected chi connectivity index (χ2v) is 4.25. The molecule has 1 atom stereocenters. The average molecular weight is 202 g/mol. The molecule has 1 aliphatic carbocycles. The van der Waals surface area contributed by atoms with E-state index in [0.29, 0.717) is 12.6 Å². The van der Waals surface area contributed by atoms with Gasteiger partial charge in [0.05, 0.1) is 6.54 Å². The standard InChI is InChI=1S/C12H14N2O/c15-11-7-13-9-5-1-3-8-4-2-6-10(14-11)12(8)9/h2,4,6,9,13H,1,3,5,7H2,(H,14,15)/t9-/m1/s1. The van der Waals surface area contributed by atoms with Crippen LogP contribution in [0.1, 0.15) is 30.0 Å². The van der Waals surface area contributed by atoms with E-state index in [2.05, 4.69) is 16.7 Å². The number of hydrogen-bond donors (Lipinski definition) is 2. The Morgan fingerprint density at radius 1 is 1.33 bits per heavy atom. The highest BCUT2D eigenvalue weighted by atomic mass is 16.1. The molecule has 1 aromatic rings. The molecule has 1 heterocycles. The zero-order valence-corrected chi connectivity index (χ0v) is 8.55. The third-order valence-electron chi connectivity index (χ3n) is 3.27. The SMILES string of the molecule is O=C1CN[C@@H]2CCCc3cccc(c32)N1. The first-order valence-electron chi connectivity index (χ1n) is 5.49. The van der Waals surface area contributed by atoms with Gasteiger partial charge in [-0.25, -0.2) is 0 Å². The Morgan fingerprint density at radius 3 is 3.20 bits per heavy atom. The van der Waals surface area contributed by atoms with E-state index in [0.717, 1.165) is 18.5 Å². The quantitative estimate of drug-likeness (QED) is 0.671. The number of nitrogens with one attached hydrogen (secondary N) is 2. The molecule has 0 fully saturated rings.